The van der Waals surface area contributed by atoms with Gasteiger partial charge >= 0.3 is 0 Å². The number of nitrogens with one attached hydrogen (secondary N) is 1. The van der Waals surface area contributed by atoms with Crippen LogP contribution in [0.15, 0.2) is 18.6 Å². The van der Waals surface area contributed by atoms with Crippen molar-refractivity contribution in [1.29, 1.82) is 0 Å². The van der Waals surface area contributed by atoms with Crippen molar-refractivity contribution in [1.82, 2.24) is 24.6 Å². The molecule has 2 aromatic heterocycles. The summed E-state index contributed by atoms with van der Waals surface area (Å²) >= 11 is 0. The van der Waals surface area contributed by atoms with Crippen LogP contribution < -0.4 is 5.32 Å². The SMILES string of the molecule is CNc1nccnc1[C@H]1CN(C(=O)c2cn(C)nc2C)CCO1. The van der Waals surface area contributed by atoms with E-state index in [1.807, 2.05) is 14.0 Å². The van der Waals surface area contributed by atoms with Gasteiger partial charge < -0.3 is 15.0 Å². The molecule has 0 unspecified atom stereocenters. The van der Waals surface area contributed by atoms with Crippen LogP contribution in [0.4, 0.5) is 5.82 Å². The largest absolute Gasteiger partial charge is 0.372 e. The Bertz CT molecular complexity index is 714. The van der Waals surface area contributed by atoms with Gasteiger partial charge in [0.2, 0.25) is 0 Å². The minimum absolute atomic E-state index is 0.0289. The third-order valence-corrected chi connectivity index (χ3v) is 3.87. The minimum atomic E-state index is -0.291. The van der Waals surface area contributed by atoms with E-state index in [1.165, 1.54) is 0 Å². The molecule has 1 aliphatic rings. The van der Waals surface area contributed by atoms with Crippen LogP contribution in [-0.2, 0) is 11.8 Å². The molecule has 0 radical (unpaired) electrons. The highest BCUT2D eigenvalue weighted by Crippen LogP contribution is 2.26. The first-order valence-corrected chi connectivity index (χ1v) is 7.50. The molecule has 0 spiro atoms. The smallest absolute Gasteiger partial charge is 0.257 e. The first-order chi connectivity index (χ1) is 11.1. The molecule has 1 atom stereocenters. The van der Waals surface area contributed by atoms with Crippen molar-refractivity contribution in [3.63, 3.8) is 0 Å². The van der Waals surface area contributed by atoms with Crippen LogP contribution in [0.5, 0.6) is 0 Å². The summed E-state index contributed by atoms with van der Waals surface area (Å²) in [4.78, 5) is 23.1. The number of carbonyl (C=O) groups is 1. The Morgan fingerprint density at radius 2 is 2.17 bits per heavy atom. The lowest BCUT2D eigenvalue weighted by Crippen LogP contribution is -2.42. The zero-order valence-corrected chi connectivity index (χ0v) is 13.5. The van der Waals surface area contributed by atoms with Crippen molar-refractivity contribution in [2.24, 2.45) is 7.05 Å². The van der Waals surface area contributed by atoms with Gasteiger partial charge in [-0.2, -0.15) is 5.10 Å². The van der Waals surface area contributed by atoms with Gasteiger partial charge in [0.05, 0.1) is 24.4 Å². The quantitative estimate of drug-likeness (QED) is 0.900. The number of hydrogen-bond acceptors (Lipinski definition) is 6. The van der Waals surface area contributed by atoms with Gasteiger partial charge in [-0.3, -0.25) is 14.5 Å². The number of anilines is 1. The van der Waals surface area contributed by atoms with Gasteiger partial charge in [-0.05, 0) is 6.92 Å². The monoisotopic (exact) mass is 316 g/mol. The van der Waals surface area contributed by atoms with E-state index in [4.69, 9.17) is 4.74 Å². The van der Waals surface area contributed by atoms with Crippen LogP contribution in [0.3, 0.4) is 0 Å². The second-order valence-electron chi connectivity index (χ2n) is 5.45. The molecule has 1 saturated heterocycles. The van der Waals surface area contributed by atoms with Gasteiger partial charge in [-0.15, -0.1) is 0 Å². The molecule has 2 aromatic rings. The van der Waals surface area contributed by atoms with E-state index in [1.54, 1.807) is 35.2 Å². The Morgan fingerprint density at radius 1 is 1.39 bits per heavy atom. The summed E-state index contributed by atoms with van der Waals surface area (Å²) in [6.45, 7) is 3.31. The standard InChI is InChI=1S/C15H20N6O2/c1-10-11(8-20(3)19-10)15(22)21-6-7-23-12(9-21)13-14(16-2)18-5-4-17-13/h4-5,8,12H,6-7,9H2,1-3H3,(H,16,18)/t12-/m1/s1. The van der Waals surface area contributed by atoms with Gasteiger partial charge in [0.1, 0.15) is 17.6 Å². The van der Waals surface area contributed by atoms with E-state index < -0.39 is 0 Å². The summed E-state index contributed by atoms with van der Waals surface area (Å²) in [5, 5.41) is 7.25. The maximum absolute atomic E-state index is 12.7. The number of hydrogen-bond donors (Lipinski definition) is 1. The van der Waals surface area contributed by atoms with Crippen molar-refractivity contribution in [2.45, 2.75) is 13.0 Å². The molecule has 0 aromatic carbocycles. The van der Waals surface area contributed by atoms with Gasteiger partial charge in [0, 0.05) is 39.2 Å². The van der Waals surface area contributed by atoms with Crippen LogP contribution >= 0.6 is 0 Å². The van der Waals surface area contributed by atoms with E-state index in [2.05, 4.69) is 20.4 Å². The average molecular weight is 316 g/mol. The lowest BCUT2D eigenvalue weighted by Gasteiger charge is -2.33. The Kier molecular flexibility index (Phi) is 4.24. The molecule has 3 heterocycles. The Labute approximate surface area is 134 Å². The van der Waals surface area contributed by atoms with E-state index in [9.17, 15) is 4.79 Å². The fraction of sp³-hybridized carbons (Fsp3) is 0.467. The predicted molar refractivity (Wildman–Crippen MR) is 84.1 cm³/mol. The average Bonchev–Trinajstić information content (AvgIpc) is 2.92. The molecule has 1 aliphatic heterocycles. The second-order valence-corrected chi connectivity index (χ2v) is 5.45. The highest BCUT2D eigenvalue weighted by atomic mass is 16.5. The number of nitrogens with zero attached hydrogens (tertiary/aromatic N) is 5. The van der Waals surface area contributed by atoms with Gasteiger partial charge in [-0.25, -0.2) is 4.98 Å². The maximum atomic E-state index is 12.7. The summed E-state index contributed by atoms with van der Waals surface area (Å²) in [5.74, 6) is 0.642. The zero-order valence-electron chi connectivity index (χ0n) is 13.5. The topological polar surface area (TPSA) is 85.2 Å². The third kappa shape index (κ3) is 3.02. The van der Waals surface area contributed by atoms with Crippen molar-refractivity contribution < 1.29 is 9.53 Å². The number of carbonyl (C=O) groups excluding carboxylic acids is 1. The van der Waals surface area contributed by atoms with E-state index in [-0.39, 0.29) is 12.0 Å². The number of amides is 1. The first kappa shape index (κ1) is 15.4. The van der Waals surface area contributed by atoms with Crippen LogP contribution in [0.25, 0.3) is 0 Å². The number of ether oxygens (including phenoxy) is 1. The Morgan fingerprint density at radius 3 is 2.87 bits per heavy atom. The predicted octanol–water partition coefficient (Wildman–Crippen LogP) is 0.774. The highest BCUT2D eigenvalue weighted by molar-refractivity contribution is 5.95. The summed E-state index contributed by atoms with van der Waals surface area (Å²) in [5.41, 5.74) is 2.08. The molecular formula is C15H20N6O2. The molecule has 8 nitrogen and oxygen atoms in total. The van der Waals surface area contributed by atoms with Crippen molar-refractivity contribution >= 4 is 11.7 Å². The molecule has 0 aliphatic carbocycles. The zero-order chi connectivity index (χ0) is 16.4. The molecule has 0 saturated carbocycles. The normalized spacial score (nSPS) is 18.0. The van der Waals surface area contributed by atoms with E-state index in [0.717, 1.165) is 11.4 Å². The van der Waals surface area contributed by atoms with Crippen LogP contribution in [0, 0.1) is 6.92 Å². The number of rotatable bonds is 3. The summed E-state index contributed by atoms with van der Waals surface area (Å²) in [6.07, 6.45) is 4.72. The summed E-state index contributed by atoms with van der Waals surface area (Å²) in [7, 11) is 3.60. The summed E-state index contributed by atoms with van der Waals surface area (Å²) < 4.78 is 7.46. The van der Waals surface area contributed by atoms with Gasteiger partial charge in [0.25, 0.3) is 5.91 Å². The Balaban J connectivity index is 1.81. The maximum Gasteiger partial charge on any atom is 0.257 e. The molecule has 122 valence electrons. The molecule has 1 N–H and O–H groups in total. The fourth-order valence-corrected chi connectivity index (χ4v) is 2.76. The number of morpholine rings is 1. The Hall–Kier alpha value is -2.48. The first-order valence-electron chi connectivity index (χ1n) is 7.50. The van der Waals surface area contributed by atoms with E-state index >= 15 is 0 Å². The molecule has 3 rings (SSSR count). The second kappa shape index (κ2) is 6.33. The van der Waals surface area contributed by atoms with Crippen LogP contribution in [0.2, 0.25) is 0 Å². The van der Waals surface area contributed by atoms with Crippen molar-refractivity contribution in [3.8, 4) is 0 Å². The molecular weight excluding hydrogens is 296 g/mol. The lowest BCUT2D eigenvalue weighted by molar-refractivity contribution is -0.0245. The summed E-state index contributed by atoms with van der Waals surface area (Å²) in [6, 6.07) is 0. The highest BCUT2D eigenvalue weighted by Gasteiger charge is 2.30. The number of aryl methyl sites for hydroxylation is 2. The molecule has 8 heteroatoms. The third-order valence-electron chi connectivity index (χ3n) is 3.87. The molecule has 23 heavy (non-hydrogen) atoms. The number of aromatic nitrogens is 4. The van der Waals surface area contributed by atoms with Crippen molar-refractivity contribution in [3.05, 3.63) is 35.5 Å². The van der Waals surface area contributed by atoms with Crippen molar-refractivity contribution in [2.75, 3.05) is 32.1 Å². The molecule has 1 amide bonds. The lowest BCUT2D eigenvalue weighted by atomic mass is 10.1. The van der Waals surface area contributed by atoms with Crippen LogP contribution in [-0.4, -0.2) is 57.3 Å². The minimum Gasteiger partial charge on any atom is -0.372 e. The van der Waals surface area contributed by atoms with Gasteiger partial charge in [-0.1, -0.05) is 0 Å². The fourth-order valence-electron chi connectivity index (χ4n) is 2.76. The molecule has 0 bridgehead atoms. The van der Waals surface area contributed by atoms with E-state index in [0.29, 0.717) is 31.1 Å². The van der Waals surface area contributed by atoms with Crippen LogP contribution in [0.1, 0.15) is 27.8 Å². The van der Waals surface area contributed by atoms with Gasteiger partial charge in [0.15, 0.2) is 0 Å². The molecule has 1 fully saturated rings.